The van der Waals surface area contributed by atoms with Gasteiger partial charge in [0.15, 0.2) is 0 Å². The molecule has 5 nitrogen and oxygen atoms in total. The van der Waals surface area contributed by atoms with Gasteiger partial charge in [0.25, 0.3) is 0 Å². The SMILES string of the molecule is CN1CCC(CNc2ccnc3cc(Br)cnc23)CC1=O. The Balaban J connectivity index is 1.72. The van der Waals surface area contributed by atoms with Crippen molar-refractivity contribution in [1.82, 2.24) is 14.9 Å². The van der Waals surface area contributed by atoms with Crippen molar-refractivity contribution in [2.24, 2.45) is 5.92 Å². The summed E-state index contributed by atoms with van der Waals surface area (Å²) < 4.78 is 0.917. The molecule has 0 radical (unpaired) electrons. The first-order valence-corrected chi connectivity index (χ1v) is 7.81. The number of piperidine rings is 1. The molecule has 0 aromatic carbocycles. The predicted molar refractivity (Wildman–Crippen MR) is 86.1 cm³/mol. The standard InChI is InChI=1S/C15H17BrN4O/c1-20-5-3-10(6-14(20)21)8-18-12-2-4-17-13-7-11(16)9-19-15(12)13/h2,4,7,9-10H,3,5-6,8H2,1H3,(H,17,18). The molecule has 1 aliphatic rings. The molecule has 1 atom stereocenters. The van der Waals surface area contributed by atoms with Gasteiger partial charge in [0, 0.05) is 43.4 Å². The maximum atomic E-state index is 11.7. The minimum atomic E-state index is 0.231. The number of anilines is 1. The molecule has 1 N–H and O–H groups in total. The van der Waals surface area contributed by atoms with Crippen LogP contribution in [0.2, 0.25) is 0 Å². The van der Waals surface area contributed by atoms with Crippen molar-refractivity contribution in [1.29, 1.82) is 0 Å². The first-order chi connectivity index (χ1) is 10.1. The lowest BCUT2D eigenvalue weighted by atomic mass is 9.96. The largest absolute Gasteiger partial charge is 0.383 e. The summed E-state index contributed by atoms with van der Waals surface area (Å²) in [5, 5.41) is 3.42. The number of amides is 1. The Hall–Kier alpha value is -1.69. The number of fused-ring (bicyclic) bond motifs is 1. The number of nitrogens with one attached hydrogen (secondary N) is 1. The summed E-state index contributed by atoms with van der Waals surface area (Å²) in [6, 6.07) is 3.88. The van der Waals surface area contributed by atoms with Crippen molar-refractivity contribution in [3.8, 4) is 0 Å². The maximum Gasteiger partial charge on any atom is 0.222 e. The zero-order valence-electron chi connectivity index (χ0n) is 11.8. The van der Waals surface area contributed by atoms with Gasteiger partial charge in [-0.15, -0.1) is 0 Å². The second-order valence-corrected chi connectivity index (χ2v) is 6.35. The van der Waals surface area contributed by atoms with Crippen LogP contribution in [0.15, 0.2) is 29.0 Å². The van der Waals surface area contributed by atoms with E-state index >= 15 is 0 Å². The van der Waals surface area contributed by atoms with Crippen LogP contribution < -0.4 is 5.32 Å². The van der Waals surface area contributed by atoms with Crippen LogP contribution in [0.3, 0.4) is 0 Å². The first-order valence-electron chi connectivity index (χ1n) is 7.01. The molecule has 3 rings (SSSR count). The number of rotatable bonds is 3. The number of carbonyl (C=O) groups is 1. The lowest BCUT2D eigenvalue weighted by Gasteiger charge is -2.29. The van der Waals surface area contributed by atoms with Crippen LogP contribution in [0, 0.1) is 5.92 Å². The van der Waals surface area contributed by atoms with E-state index in [9.17, 15) is 4.79 Å². The third kappa shape index (κ3) is 3.15. The summed E-state index contributed by atoms with van der Waals surface area (Å²) in [5.74, 6) is 0.613. The average Bonchev–Trinajstić information content (AvgIpc) is 2.48. The molecular weight excluding hydrogens is 332 g/mol. The van der Waals surface area contributed by atoms with Gasteiger partial charge >= 0.3 is 0 Å². The Morgan fingerprint density at radius 2 is 2.33 bits per heavy atom. The zero-order chi connectivity index (χ0) is 14.8. The summed E-state index contributed by atoms with van der Waals surface area (Å²) in [6.45, 7) is 1.63. The molecule has 2 aromatic heterocycles. The summed E-state index contributed by atoms with van der Waals surface area (Å²) >= 11 is 3.41. The lowest BCUT2D eigenvalue weighted by Crippen LogP contribution is -2.37. The van der Waals surface area contributed by atoms with E-state index in [1.165, 1.54) is 0 Å². The van der Waals surface area contributed by atoms with Crippen molar-refractivity contribution in [2.45, 2.75) is 12.8 Å². The lowest BCUT2D eigenvalue weighted by molar-refractivity contribution is -0.133. The molecule has 1 aliphatic heterocycles. The molecule has 110 valence electrons. The van der Waals surface area contributed by atoms with Crippen LogP contribution in [0.25, 0.3) is 11.0 Å². The third-order valence-electron chi connectivity index (χ3n) is 3.89. The Bertz CT molecular complexity index is 676. The maximum absolute atomic E-state index is 11.7. The van der Waals surface area contributed by atoms with Gasteiger partial charge in [-0.1, -0.05) is 0 Å². The molecular formula is C15H17BrN4O. The van der Waals surface area contributed by atoms with Gasteiger partial charge < -0.3 is 10.2 Å². The van der Waals surface area contributed by atoms with Crippen molar-refractivity contribution in [3.63, 3.8) is 0 Å². The van der Waals surface area contributed by atoms with E-state index in [1.54, 1.807) is 17.3 Å². The van der Waals surface area contributed by atoms with Crippen LogP contribution in [-0.2, 0) is 4.79 Å². The smallest absolute Gasteiger partial charge is 0.222 e. The summed E-state index contributed by atoms with van der Waals surface area (Å²) in [6.07, 6.45) is 5.20. The van der Waals surface area contributed by atoms with Gasteiger partial charge in [0.2, 0.25) is 5.91 Å². The minimum Gasteiger partial charge on any atom is -0.383 e. The van der Waals surface area contributed by atoms with Crippen molar-refractivity contribution < 1.29 is 4.79 Å². The minimum absolute atomic E-state index is 0.231. The molecule has 1 fully saturated rings. The summed E-state index contributed by atoms with van der Waals surface area (Å²) in [4.78, 5) is 22.3. The number of pyridine rings is 2. The molecule has 3 heterocycles. The Kier molecular flexibility index (Phi) is 4.05. The Labute approximate surface area is 131 Å². The molecule has 0 bridgehead atoms. The number of nitrogens with zero attached hydrogens (tertiary/aromatic N) is 3. The number of halogens is 1. The van der Waals surface area contributed by atoms with E-state index < -0.39 is 0 Å². The fraction of sp³-hybridized carbons (Fsp3) is 0.400. The van der Waals surface area contributed by atoms with Crippen LogP contribution in [-0.4, -0.2) is 40.9 Å². The fourth-order valence-corrected chi connectivity index (χ4v) is 2.90. The molecule has 1 saturated heterocycles. The number of aromatic nitrogens is 2. The Morgan fingerprint density at radius 1 is 1.48 bits per heavy atom. The molecule has 0 saturated carbocycles. The zero-order valence-corrected chi connectivity index (χ0v) is 13.4. The molecule has 2 aromatic rings. The highest BCUT2D eigenvalue weighted by Gasteiger charge is 2.23. The van der Waals surface area contributed by atoms with Crippen LogP contribution in [0.4, 0.5) is 5.69 Å². The normalized spacial score (nSPS) is 19.0. The van der Waals surface area contributed by atoms with Gasteiger partial charge in [-0.05, 0) is 40.4 Å². The molecule has 1 amide bonds. The van der Waals surface area contributed by atoms with E-state index in [1.807, 2.05) is 19.2 Å². The predicted octanol–water partition coefficient (Wildman–Crippen LogP) is 2.67. The second-order valence-electron chi connectivity index (χ2n) is 5.43. The van der Waals surface area contributed by atoms with Gasteiger partial charge in [-0.25, -0.2) is 0 Å². The van der Waals surface area contributed by atoms with E-state index in [4.69, 9.17) is 0 Å². The average molecular weight is 349 g/mol. The monoisotopic (exact) mass is 348 g/mol. The number of likely N-dealkylation sites (tertiary alicyclic amines) is 1. The molecule has 1 unspecified atom stereocenters. The van der Waals surface area contributed by atoms with Gasteiger partial charge in [-0.2, -0.15) is 0 Å². The second kappa shape index (κ2) is 5.97. The topological polar surface area (TPSA) is 58.1 Å². The van der Waals surface area contributed by atoms with Crippen molar-refractivity contribution in [2.75, 3.05) is 25.5 Å². The van der Waals surface area contributed by atoms with Gasteiger partial charge in [-0.3, -0.25) is 14.8 Å². The highest BCUT2D eigenvalue weighted by atomic mass is 79.9. The molecule has 21 heavy (non-hydrogen) atoms. The van der Waals surface area contributed by atoms with E-state index in [2.05, 4.69) is 31.2 Å². The van der Waals surface area contributed by atoms with Crippen molar-refractivity contribution >= 4 is 38.6 Å². The van der Waals surface area contributed by atoms with E-state index in [-0.39, 0.29) is 5.91 Å². The third-order valence-corrected chi connectivity index (χ3v) is 4.32. The quantitative estimate of drug-likeness (QED) is 0.926. The summed E-state index contributed by atoms with van der Waals surface area (Å²) in [5.41, 5.74) is 2.69. The first kappa shape index (κ1) is 14.3. The van der Waals surface area contributed by atoms with Crippen LogP contribution >= 0.6 is 15.9 Å². The van der Waals surface area contributed by atoms with Gasteiger partial charge in [0.1, 0.15) is 5.52 Å². The van der Waals surface area contributed by atoms with E-state index in [0.29, 0.717) is 12.3 Å². The summed E-state index contributed by atoms with van der Waals surface area (Å²) in [7, 11) is 1.87. The van der Waals surface area contributed by atoms with E-state index in [0.717, 1.165) is 40.7 Å². The van der Waals surface area contributed by atoms with Crippen LogP contribution in [0.1, 0.15) is 12.8 Å². The molecule has 6 heteroatoms. The highest BCUT2D eigenvalue weighted by Crippen LogP contribution is 2.23. The number of hydrogen-bond donors (Lipinski definition) is 1. The Morgan fingerprint density at radius 3 is 3.14 bits per heavy atom. The van der Waals surface area contributed by atoms with Gasteiger partial charge in [0.05, 0.1) is 11.2 Å². The van der Waals surface area contributed by atoms with Crippen LogP contribution in [0.5, 0.6) is 0 Å². The number of carbonyl (C=O) groups excluding carboxylic acids is 1. The molecule has 0 spiro atoms. The molecule has 0 aliphatic carbocycles. The van der Waals surface area contributed by atoms with Crippen molar-refractivity contribution in [3.05, 3.63) is 29.0 Å². The highest BCUT2D eigenvalue weighted by molar-refractivity contribution is 9.10. The fourth-order valence-electron chi connectivity index (χ4n) is 2.58. The number of hydrogen-bond acceptors (Lipinski definition) is 4.